The fourth-order valence-corrected chi connectivity index (χ4v) is 2.83. The van der Waals surface area contributed by atoms with Crippen molar-refractivity contribution in [2.45, 2.75) is 38.7 Å². The van der Waals surface area contributed by atoms with Crippen molar-refractivity contribution in [3.8, 4) is 0 Å². The molecule has 1 aliphatic heterocycles. The second-order valence-electron chi connectivity index (χ2n) is 5.92. The van der Waals surface area contributed by atoms with E-state index >= 15 is 0 Å². The number of likely N-dealkylation sites (tertiary alicyclic amines) is 1. The molecule has 112 valence electrons. The normalized spacial score (nSPS) is 20.2. The monoisotopic (exact) mass is 277 g/mol. The molecular formula is C16H27N3O. The molecule has 0 aliphatic carbocycles. The van der Waals surface area contributed by atoms with E-state index in [0.29, 0.717) is 5.92 Å². The highest BCUT2D eigenvalue weighted by atomic mass is 16.3. The molecule has 1 unspecified atom stereocenters. The number of hydrogen-bond acceptors (Lipinski definition) is 4. The van der Waals surface area contributed by atoms with Crippen molar-refractivity contribution in [3.63, 3.8) is 0 Å². The summed E-state index contributed by atoms with van der Waals surface area (Å²) in [6, 6.07) is 5.93. The van der Waals surface area contributed by atoms with Crippen molar-refractivity contribution in [2.75, 3.05) is 31.5 Å². The summed E-state index contributed by atoms with van der Waals surface area (Å²) in [6.07, 6.45) is 4.67. The first-order chi connectivity index (χ1) is 9.65. The number of aliphatic hydroxyl groups is 1. The molecular weight excluding hydrogens is 250 g/mol. The van der Waals surface area contributed by atoms with Gasteiger partial charge in [0.25, 0.3) is 0 Å². The van der Waals surface area contributed by atoms with E-state index in [1.807, 2.05) is 24.4 Å². The Kier molecular flexibility index (Phi) is 5.38. The molecule has 2 N–H and O–H groups in total. The molecule has 1 aliphatic rings. The summed E-state index contributed by atoms with van der Waals surface area (Å²) in [5, 5.41) is 13.8. The molecule has 0 bridgehead atoms. The zero-order valence-electron chi connectivity index (χ0n) is 12.7. The number of hydrogen-bond donors (Lipinski definition) is 2. The SMILES string of the molecule is CCC(O)(CC)CN1CCC(CNc2ccccn2)C1. The topological polar surface area (TPSA) is 48.4 Å². The Hall–Kier alpha value is -1.13. The number of aromatic nitrogens is 1. The lowest BCUT2D eigenvalue weighted by molar-refractivity contribution is 0.00173. The highest BCUT2D eigenvalue weighted by molar-refractivity contribution is 5.33. The Morgan fingerprint density at radius 1 is 1.40 bits per heavy atom. The maximum absolute atomic E-state index is 10.4. The average molecular weight is 277 g/mol. The van der Waals surface area contributed by atoms with Crippen LogP contribution in [0.5, 0.6) is 0 Å². The zero-order chi connectivity index (χ0) is 14.4. The van der Waals surface area contributed by atoms with Crippen LogP contribution in [0.25, 0.3) is 0 Å². The van der Waals surface area contributed by atoms with Crippen molar-refractivity contribution in [1.29, 1.82) is 0 Å². The molecule has 4 heteroatoms. The number of pyridine rings is 1. The fraction of sp³-hybridized carbons (Fsp3) is 0.688. The van der Waals surface area contributed by atoms with Gasteiger partial charge < -0.3 is 15.3 Å². The van der Waals surface area contributed by atoms with Gasteiger partial charge in [-0.2, -0.15) is 0 Å². The average Bonchev–Trinajstić information content (AvgIpc) is 2.93. The number of nitrogens with one attached hydrogen (secondary N) is 1. The summed E-state index contributed by atoms with van der Waals surface area (Å²) >= 11 is 0. The van der Waals surface area contributed by atoms with Gasteiger partial charge in [0.1, 0.15) is 5.82 Å². The largest absolute Gasteiger partial charge is 0.389 e. The Bertz CT molecular complexity index is 392. The van der Waals surface area contributed by atoms with Crippen LogP contribution < -0.4 is 5.32 Å². The molecule has 1 aromatic rings. The number of rotatable bonds is 7. The third kappa shape index (κ3) is 4.18. The van der Waals surface area contributed by atoms with Gasteiger partial charge in [0.05, 0.1) is 5.60 Å². The third-order valence-corrected chi connectivity index (χ3v) is 4.44. The fourth-order valence-electron chi connectivity index (χ4n) is 2.83. The highest BCUT2D eigenvalue weighted by Gasteiger charge is 2.30. The van der Waals surface area contributed by atoms with Crippen LogP contribution in [-0.4, -0.2) is 46.8 Å². The third-order valence-electron chi connectivity index (χ3n) is 4.44. The number of β-amino-alcohol motifs (C(OH)–C–C–N with tert-alkyl or cyclic N) is 1. The van der Waals surface area contributed by atoms with Crippen LogP contribution in [0.3, 0.4) is 0 Å². The Balaban J connectivity index is 1.75. The van der Waals surface area contributed by atoms with E-state index in [4.69, 9.17) is 0 Å². The lowest BCUT2D eigenvalue weighted by Crippen LogP contribution is -2.41. The maximum atomic E-state index is 10.4. The molecule has 2 rings (SSSR count). The highest BCUT2D eigenvalue weighted by Crippen LogP contribution is 2.22. The van der Waals surface area contributed by atoms with Gasteiger partial charge in [-0.1, -0.05) is 19.9 Å². The first kappa shape index (κ1) is 15.3. The standard InChI is InChI=1S/C16H27N3O/c1-3-16(20,4-2)13-19-10-8-14(12-19)11-18-15-7-5-6-9-17-15/h5-7,9,14,20H,3-4,8,10-13H2,1-2H3,(H,17,18). The summed E-state index contributed by atoms with van der Waals surface area (Å²) in [6.45, 7) is 8.07. The Labute approximate surface area is 122 Å². The van der Waals surface area contributed by atoms with E-state index in [1.54, 1.807) is 0 Å². The molecule has 4 nitrogen and oxygen atoms in total. The summed E-state index contributed by atoms with van der Waals surface area (Å²) in [4.78, 5) is 6.68. The minimum Gasteiger partial charge on any atom is -0.389 e. The van der Waals surface area contributed by atoms with Crippen LogP contribution in [0.4, 0.5) is 5.82 Å². The van der Waals surface area contributed by atoms with Crippen LogP contribution in [0.2, 0.25) is 0 Å². The predicted molar refractivity (Wildman–Crippen MR) is 82.8 cm³/mol. The van der Waals surface area contributed by atoms with Crippen molar-refractivity contribution in [1.82, 2.24) is 9.88 Å². The molecule has 0 radical (unpaired) electrons. The van der Waals surface area contributed by atoms with Crippen LogP contribution >= 0.6 is 0 Å². The van der Waals surface area contributed by atoms with E-state index in [1.165, 1.54) is 6.42 Å². The molecule has 20 heavy (non-hydrogen) atoms. The van der Waals surface area contributed by atoms with Gasteiger partial charge in [-0.15, -0.1) is 0 Å². The minimum atomic E-state index is -0.511. The van der Waals surface area contributed by atoms with Crippen LogP contribution in [0.15, 0.2) is 24.4 Å². The molecule has 1 atom stereocenters. The van der Waals surface area contributed by atoms with Crippen LogP contribution in [0, 0.1) is 5.92 Å². The summed E-state index contributed by atoms with van der Waals surface area (Å²) in [7, 11) is 0. The smallest absolute Gasteiger partial charge is 0.125 e. The quantitative estimate of drug-likeness (QED) is 0.803. The molecule has 0 amide bonds. The second-order valence-corrected chi connectivity index (χ2v) is 5.92. The summed E-state index contributed by atoms with van der Waals surface area (Å²) in [5.41, 5.74) is -0.511. The van der Waals surface area contributed by atoms with Crippen molar-refractivity contribution >= 4 is 5.82 Å². The van der Waals surface area contributed by atoms with Gasteiger partial charge >= 0.3 is 0 Å². The Morgan fingerprint density at radius 3 is 2.85 bits per heavy atom. The van der Waals surface area contributed by atoms with Crippen LogP contribution in [-0.2, 0) is 0 Å². The molecule has 0 aromatic carbocycles. The van der Waals surface area contributed by atoms with Gasteiger partial charge in [0.2, 0.25) is 0 Å². The van der Waals surface area contributed by atoms with E-state index in [-0.39, 0.29) is 0 Å². The summed E-state index contributed by atoms with van der Waals surface area (Å²) in [5.74, 6) is 1.60. The van der Waals surface area contributed by atoms with Crippen molar-refractivity contribution < 1.29 is 5.11 Å². The van der Waals surface area contributed by atoms with Gasteiger partial charge in [0.15, 0.2) is 0 Å². The molecule has 1 saturated heterocycles. The molecule has 0 saturated carbocycles. The van der Waals surface area contributed by atoms with Gasteiger partial charge in [-0.05, 0) is 43.9 Å². The molecule has 0 spiro atoms. The number of nitrogens with zero attached hydrogens (tertiary/aromatic N) is 2. The van der Waals surface area contributed by atoms with E-state index in [9.17, 15) is 5.11 Å². The Morgan fingerprint density at radius 2 is 2.20 bits per heavy atom. The van der Waals surface area contributed by atoms with Crippen molar-refractivity contribution in [2.24, 2.45) is 5.92 Å². The first-order valence-corrected chi connectivity index (χ1v) is 7.75. The van der Waals surface area contributed by atoms with E-state index in [2.05, 4.69) is 29.0 Å². The maximum Gasteiger partial charge on any atom is 0.125 e. The number of anilines is 1. The summed E-state index contributed by atoms with van der Waals surface area (Å²) < 4.78 is 0. The van der Waals surface area contributed by atoms with Gasteiger partial charge in [-0.25, -0.2) is 4.98 Å². The lowest BCUT2D eigenvalue weighted by Gasteiger charge is -2.30. The van der Waals surface area contributed by atoms with E-state index in [0.717, 1.165) is 44.8 Å². The minimum absolute atomic E-state index is 0.511. The van der Waals surface area contributed by atoms with Crippen LogP contribution in [0.1, 0.15) is 33.1 Å². The molecule has 1 fully saturated rings. The molecule has 2 heterocycles. The van der Waals surface area contributed by atoms with E-state index < -0.39 is 5.60 Å². The van der Waals surface area contributed by atoms with Crippen molar-refractivity contribution in [3.05, 3.63) is 24.4 Å². The predicted octanol–water partition coefficient (Wildman–Crippen LogP) is 2.37. The second kappa shape index (κ2) is 7.04. The van der Waals surface area contributed by atoms with Gasteiger partial charge in [0, 0.05) is 25.8 Å². The first-order valence-electron chi connectivity index (χ1n) is 7.75. The lowest BCUT2D eigenvalue weighted by atomic mass is 9.97. The zero-order valence-corrected chi connectivity index (χ0v) is 12.7. The molecule has 1 aromatic heterocycles. The van der Waals surface area contributed by atoms with Gasteiger partial charge in [-0.3, -0.25) is 0 Å².